The largest absolute Gasteiger partial charge is 0.497 e. The highest BCUT2D eigenvalue weighted by Crippen LogP contribution is 2.32. The van der Waals surface area contributed by atoms with Crippen LogP contribution in [0.5, 0.6) is 11.5 Å². The Morgan fingerprint density at radius 3 is 2.55 bits per heavy atom. The summed E-state index contributed by atoms with van der Waals surface area (Å²) in [6, 6.07) is 14.1. The van der Waals surface area contributed by atoms with Crippen molar-refractivity contribution in [3.05, 3.63) is 59.7 Å². The van der Waals surface area contributed by atoms with Gasteiger partial charge in [0.25, 0.3) is 0 Å². The molecule has 1 aliphatic heterocycles. The lowest BCUT2D eigenvalue weighted by Crippen LogP contribution is -2.19. The molecule has 0 saturated carbocycles. The summed E-state index contributed by atoms with van der Waals surface area (Å²) in [5.74, 6) is 0.742. The summed E-state index contributed by atoms with van der Waals surface area (Å²) in [6.07, 6.45) is 0. The summed E-state index contributed by atoms with van der Waals surface area (Å²) in [6.45, 7) is 0. The highest BCUT2D eigenvalue weighted by atomic mass is 32.2. The van der Waals surface area contributed by atoms with Gasteiger partial charge in [-0.05, 0) is 12.1 Å². The van der Waals surface area contributed by atoms with Crippen molar-refractivity contribution < 1.29 is 17.3 Å². The standard InChI is InChI=1S/C14H11NO4S/c1-18-11-7-8-12-13(9-11)19-20(16,17)15-14(12)10-5-3-2-4-6-10/h2-9H,1H3. The molecule has 0 amide bonds. The second kappa shape index (κ2) is 4.64. The van der Waals surface area contributed by atoms with Crippen molar-refractivity contribution in [1.29, 1.82) is 0 Å². The molecule has 0 radical (unpaired) electrons. The van der Waals surface area contributed by atoms with Crippen LogP contribution in [0.25, 0.3) is 0 Å². The Balaban J connectivity index is 2.22. The molecule has 0 bridgehead atoms. The Morgan fingerprint density at radius 1 is 1.10 bits per heavy atom. The molecule has 2 aromatic rings. The summed E-state index contributed by atoms with van der Waals surface area (Å²) in [5.41, 5.74) is 1.70. The number of rotatable bonds is 2. The lowest BCUT2D eigenvalue weighted by Gasteiger charge is -2.17. The first-order valence-corrected chi connectivity index (χ1v) is 7.24. The second-order valence-corrected chi connectivity index (χ2v) is 5.38. The van der Waals surface area contributed by atoms with E-state index in [9.17, 15) is 8.42 Å². The molecule has 0 aliphatic carbocycles. The fraction of sp³-hybridized carbons (Fsp3) is 0.0714. The molecule has 1 aliphatic rings. The number of hydrogen-bond donors (Lipinski definition) is 0. The van der Waals surface area contributed by atoms with E-state index < -0.39 is 10.3 Å². The highest BCUT2D eigenvalue weighted by Gasteiger charge is 2.26. The van der Waals surface area contributed by atoms with Crippen LogP contribution in [0, 0.1) is 0 Å². The van der Waals surface area contributed by atoms with Crippen molar-refractivity contribution in [2.24, 2.45) is 4.40 Å². The molecule has 0 fully saturated rings. The number of fused-ring (bicyclic) bond motifs is 1. The lowest BCUT2D eigenvalue weighted by atomic mass is 10.0. The van der Waals surface area contributed by atoms with Crippen molar-refractivity contribution >= 4 is 16.0 Å². The van der Waals surface area contributed by atoms with E-state index in [4.69, 9.17) is 8.92 Å². The summed E-state index contributed by atoms with van der Waals surface area (Å²) in [5, 5.41) is 0. The van der Waals surface area contributed by atoms with E-state index in [1.165, 1.54) is 13.2 Å². The van der Waals surface area contributed by atoms with E-state index >= 15 is 0 Å². The molecule has 20 heavy (non-hydrogen) atoms. The molecule has 0 atom stereocenters. The van der Waals surface area contributed by atoms with E-state index in [-0.39, 0.29) is 5.75 Å². The van der Waals surface area contributed by atoms with Crippen molar-refractivity contribution in [2.75, 3.05) is 7.11 Å². The molecule has 6 heteroatoms. The minimum Gasteiger partial charge on any atom is -0.497 e. The molecule has 0 aromatic heterocycles. The Bertz CT molecular complexity index is 782. The number of methoxy groups -OCH3 is 1. The maximum atomic E-state index is 11.7. The van der Waals surface area contributed by atoms with E-state index in [2.05, 4.69) is 4.40 Å². The van der Waals surface area contributed by atoms with Crippen molar-refractivity contribution in [1.82, 2.24) is 0 Å². The van der Waals surface area contributed by atoms with Crippen LogP contribution in [0.15, 0.2) is 52.9 Å². The summed E-state index contributed by atoms with van der Waals surface area (Å²) in [7, 11) is -2.48. The first kappa shape index (κ1) is 12.7. The third-order valence-electron chi connectivity index (χ3n) is 2.89. The number of hydrogen-bond acceptors (Lipinski definition) is 4. The van der Waals surface area contributed by atoms with Gasteiger partial charge in [0.05, 0.1) is 12.8 Å². The normalized spacial score (nSPS) is 15.8. The van der Waals surface area contributed by atoms with Crippen LogP contribution in [0.1, 0.15) is 11.1 Å². The van der Waals surface area contributed by atoms with Gasteiger partial charge in [-0.3, -0.25) is 0 Å². The van der Waals surface area contributed by atoms with Crippen LogP contribution in [0.3, 0.4) is 0 Å². The van der Waals surface area contributed by atoms with Gasteiger partial charge in [0.1, 0.15) is 5.75 Å². The van der Waals surface area contributed by atoms with E-state index in [1.54, 1.807) is 24.3 Å². The third-order valence-corrected chi connectivity index (χ3v) is 3.69. The maximum Gasteiger partial charge on any atom is 0.429 e. The average molecular weight is 289 g/mol. The molecule has 0 N–H and O–H groups in total. The molecule has 5 nitrogen and oxygen atoms in total. The summed E-state index contributed by atoms with van der Waals surface area (Å²) < 4.78 is 37.2. The first-order chi connectivity index (χ1) is 9.59. The lowest BCUT2D eigenvalue weighted by molar-refractivity contribution is 0.411. The Kier molecular flexibility index (Phi) is 2.94. The Labute approximate surface area is 116 Å². The average Bonchev–Trinajstić information content (AvgIpc) is 2.45. The van der Waals surface area contributed by atoms with Crippen LogP contribution < -0.4 is 8.92 Å². The molecule has 0 unspecified atom stereocenters. The van der Waals surface area contributed by atoms with Gasteiger partial charge in [-0.1, -0.05) is 30.3 Å². The van der Waals surface area contributed by atoms with Crippen molar-refractivity contribution in [3.63, 3.8) is 0 Å². The third kappa shape index (κ3) is 2.25. The fourth-order valence-electron chi connectivity index (χ4n) is 1.99. The number of ether oxygens (including phenoxy) is 1. The van der Waals surface area contributed by atoms with Gasteiger partial charge < -0.3 is 8.92 Å². The zero-order chi connectivity index (χ0) is 14.2. The monoisotopic (exact) mass is 289 g/mol. The van der Waals surface area contributed by atoms with Crippen molar-refractivity contribution in [2.45, 2.75) is 0 Å². The predicted molar refractivity (Wildman–Crippen MR) is 74.6 cm³/mol. The van der Waals surface area contributed by atoms with Crippen LogP contribution in [-0.2, 0) is 10.3 Å². The molecule has 0 spiro atoms. The summed E-state index contributed by atoms with van der Waals surface area (Å²) in [4.78, 5) is 0. The molecule has 0 saturated heterocycles. The van der Waals surface area contributed by atoms with Gasteiger partial charge in [-0.2, -0.15) is 8.42 Å². The summed E-state index contributed by atoms with van der Waals surface area (Å²) >= 11 is 0. The molecule has 102 valence electrons. The first-order valence-electron chi connectivity index (χ1n) is 5.87. The molecular weight excluding hydrogens is 278 g/mol. The predicted octanol–water partition coefficient (Wildman–Crippen LogP) is 2.17. The molecule has 1 heterocycles. The van der Waals surface area contributed by atoms with Gasteiger partial charge in [0.2, 0.25) is 0 Å². The molecule has 3 rings (SSSR count). The number of benzene rings is 2. The van der Waals surface area contributed by atoms with Crippen LogP contribution in [0.2, 0.25) is 0 Å². The minimum atomic E-state index is -3.99. The van der Waals surface area contributed by atoms with E-state index in [1.807, 2.05) is 18.2 Å². The quantitative estimate of drug-likeness (QED) is 0.850. The topological polar surface area (TPSA) is 65.0 Å². The van der Waals surface area contributed by atoms with Crippen LogP contribution in [-0.4, -0.2) is 21.2 Å². The molecule has 2 aromatic carbocycles. The Morgan fingerprint density at radius 2 is 1.85 bits per heavy atom. The van der Waals surface area contributed by atoms with Gasteiger partial charge >= 0.3 is 10.3 Å². The highest BCUT2D eigenvalue weighted by molar-refractivity contribution is 7.86. The van der Waals surface area contributed by atoms with Crippen LogP contribution in [0.4, 0.5) is 0 Å². The maximum absolute atomic E-state index is 11.7. The molecular formula is C14H11NO4S. The smallest absolute Gasteiger partial charge is 0.429 e. The zero-order valence-electron chi connectivity index (χ0n) is 10.6. The van der Waals surface area contributed by atoms with Gasteiger partial charge in [-0.25, -0.2) is 0 Å². The van der Waals surface area contributed by atoms with Crippen molar-refractivity contribution in [3.8, 4) is 11.5 Å². The van der Waals surface area contributed by atoms with E-state index in [0.717, 1.165) is 0 Å². The van der Waals surface area contributed by atoms with Gasteiger partial charge in [0.15, 0.2) is 5.75 Å². The minimum absolute atomic E-state index is 0.221. The van der Waals surface area contributed by atoms with E-state index in [0.29, 0.717) is 22.6 Å². The Hall–Kier alpha value is -2.34. The number of nitrogens with zero attached hydrogens (tertiary/aromatic N) is 1. The van der Waals surface area contributed by atoms with Crippen LogP contribution >= 0.6 is 0 Å². The SMILES string of the molecule is COc1ccc2c(c1)OS(=O)(=O)N=C2c1ccccc1. The second-order valence-electron chi connectivity index (χ2n) is 4.18. The fourth-order valence-corrected chi connectivity index (χ4v) is 2.82. The van der Waals surface area contributed by atoms with Gasteiger partial charge in [-0.15, -0.1) is 4.40 Å². The zero-order valence-corrected chi connectivity index (χ0v) is 11.4. The van der Waals surface area contributed by atoms with Gasteiger partial charge in [0, 0.05) is 17.2 Å².